The molecular weight excluding hydrogens is 230 g/mol. The molecule has 0 fully saturated rings. The number of anilines is 1. The van der Waals surface area contributed by atoms with E-state index in [2.05, 4.69) is 20.3 Å². The third-order valence-corrected chi connectivity index (χ3v) is 2.81. The van der Waals surface area contributed by atoms with E-state index in [4.69, 9.17) is 5.73 Å². The van der Waals surface area contributed by atoms with Crippen molar-refractivity contribution in [2.75, 3.05) is 18.4 Å². The largest absolute Gasteiger partial charge is 0.508 e. The number of aromatic hydroxyl groups is 1. The van der Waals surface area contributed by atoms with Crippen LogP contribution < -0.4 is 11.1 Å². The minimum Gasteiger partial charge on any atom is -0.508 e. The summed E-state index contributed by atoms with van der Waals surface area (Å²) < 4.78 is 0. The minimum absolute atomic E-state index is 0.219. The van der Waals surface area contributed by atoms with E-state index in [9.17, 15) is 5.11 Å². The third kappa shape index (κ3) is 1.63. The van der Waals surface area contributed by atoms with Gasteiger partial charge < -0.3 is 21.1 Å². The number of phenols is 1. The van der Waals surface area contributed by atoms with Crippen LogP contribution in [0, 0.1) is 0 Å². The third-order valence-electron chi connectivity index (χ3n) is 2.81. The second-order valence-electron chi connectivity index (χ2n) is 4.02. The van der Waals surface area contributed by atoms with E-state index in [1.54, 1.807) is 12.1 Å². The monoisotopic (exact) mass is 243 g/mol. The van der Waals surface area contributed by atoms with Gasteiger partial charge in [0.05, 0.1) is 5.39 Å². The average molecular weight is 243 g/mol. The van der Waals surface area contributed by atoms with E-state index < -0.39 is 0 Å². The first-order valence-corrected chi connectivity index (χ1v) is 5.69. The number of hydrogen-bond donors (Lipinski definition) is 4. The number of phenolic OH excluding ortho intramolecular Hbond substituents is 1. The highest BCUT2D eigenvalue weighted by Crippen LogP contribution is 2.30. The van der Waals surface area contributed by atoms with Crippen LogP contribution in [0.2, 0.25) is 0 Å². The quantitative estimate of drug-likeness (QED) is 0.553. The topological polar surface area (TPSA) is 99.9 Å². The molecule has 6 heteroatoms. The molecule has 0 aliphatic rings. The van der Waals surface area contributed by atoms with Crippen molar-refractivity contribution in [1.29, 1.82) is 0 Å². The Kier molecular flexibility index (Phi) is 2.49. The summed E-state index contributed by atoms with van der Waals surface area (Å²) in [6.45, 7) is 1.16. The summed E-state index contributed by atoms with van der Waals surface area (Å²) in [6, 6.07) is 5.16. The summed E-state index contributed by atoms with van der Waals surface area (Å²) in [4.78, 5) is 11.6. The maximum absolute atomic E-state index is 9.58. The van der Waals surface area contributed by atoms with Crippen LogP contribution in [0.25, 0.3) is 21.9 Å². The van der Waals surface area contributed by atoms with Crippen LogP contribution in [0.1, 0.15) is 0 Å². The summed E-state index contributed by atoms with van der Waals surface area (Å²) in [5, 5.41) is 14.5. The zero-order chi connectivity index (χ0) is 12.5. The summed E-state index contributed by atoms with van der Waals surface area (Å²) in [7, 11) is 0. The first kappa shape index (κ1) is 10.8. The summed E-state index contributed by atoms with van der Waals surface area (Å²) in [5.74, 6) is 0.944. The molecule has 92 valence electrons. The molecule has 18 heavy (non-hydrogen) atoms. The molecule has 0 unspecified atom stereocenters. The Hall–Kier alpha value is -2.34. The van der Waals surface area contributed by atoms with Gasteiger partial charge in [0.1, 0.15) is 23.5 Å². The molecule has 0 spiro atoms. The van der Waals surface area contributed by atoms with Crippen LogP contribution >= 0.6 is 0 Å². The molecule has 2 aromatic heterocycles. The average Bonchev–Trinajstić information content (AvgIpc) is 2.74. The maximum Gasteiger partial charge on any atom is 0.143 e. The number of benzene rings is 1. The van der Waals surface area contributed by atoms with Crippen LogP contribution in [0.4, 0.5) is 5.82 Å². The molecular formula is C12H13N5O. The van der Waals surface area contributed by atoms with Crippen LogP contribution in [-0.4, -0.2) is 33.1 Å². The lowest BCUT2D eigenvalue weighted by atomic mass is 10.2. The highest BCUT2D eigenvalue weighted by molar-refractivity contribution is 6.11. The van der Waals surface area contributed by atoms with Gasteiger partial charge in [-0.2, -0.15) is 0 Å². The molecule has 6 nitrogen and oxygen atoms in total. The normalized spacial score (nSPS) is 11.2. The molecule has 0 amide bonds. The van der Waals surface area contributed by atoms with E-state index in [-0.39, 0.29) is 5.75 Å². The van der Waals surface area contributed by atoms with Gasteiger partial charge in [-0.15, -0.1) is 0 Å². The Morgan fingerprint density at radius 2 is 2.22 bits per heavy atom. The van der Waals surface area contributed by atoms with Gasteiger partial charge in [0, 0.05) is 24.0 Å². The number of nitrogens with one attached hydrogen (secondary N) is 2. The van der Waals surface area contributed by atoms with Gasteiger partial charge in [-0.3, -0.25) is 0 Å². The van der Waals surface area contributed by atoms with Crippen molar-refractivity contribution in [2.45, 2.75) is 0 Å². The molecule has 0 aliphatic carbocycles. The Balaban J connectivity index is 2.29. The standard InChI is InChI=1S/C12H13N5O/c13-3-4-14-11-10-8-5-7(18)1-2-9(8)17-12(10)16-6-15-11/h1-2,5-6,18H,3-4,13H2,(H2,14,15,16,17). The van der Waals surface area contributed by atoms with Crippen molar-refractivity contribution in [2.24, 2.45) is 5.73 Å². The Bertz CT molecular complexity index is 706. The lowest BCUT2D eigenvalue weighted by molar-refractivity contribution is 0.476. The van der Waals surface area contributed by atoms with Gasteiger partial charge in [-0.25, -0.2) is 9.97 Å². The predicted octanol–water partition coefficient (Wildman–Crippen LogP) is 1.19. The number of nitrogens with two attached hydrogens (primary N) is 1. The van der Waals surface area contributed by atoms with E-state index in [0.717, 1.165) is 27.8 Å². The van der Waals surface area contributed by atoms with Gasteiger partial charge in [-0.1, -0.05) is 0 Å². The molecule has 1 aromatic carbocycles. The molecule has 0 atom stereocenters. The van der Waals surface area contributed by atoms with Crippen molar-refractivity contribution in [3.63, 3.8) is 0 Å². The summed E-state index contributed by atoms with van der Waals surface area (Å²) >= 11 is 0. The van der Waals surface area contributed by atoms with E-state index in [1.807, 2.05) is 6.07 Å². The zero-order valence-electron chi connectivity index (χ0n) is 9.64. The fourth-order valence-electron chi connectivity index (χ4n) is 2.04. The van der Waals surface area contributed by atoms with E-state index in [1.165, 1.54) is 6.33 Å². The number of rotatable bonds is 3. The van der Waals surface area contributed by atoms with Gasteiger partial charge in [-0.05, 0) is 18.2 Å². The lowest BCUT2D eigenvalue weighted by Gasteiger charge is -2.04. The van der Waals surface area contributed by atoms with Gasteiger partial charge in [0.25, 0.3) is 0 Å². The van der Waals surface area contributed by atoms with Crippen molar-refractivity contribution in [3.8, 4) is 5.75 Å². The van der Waals surface area contributed by atoms with E-state index in [0.29, 0.717) is 13.1 Å². The molecule has 2 heterocycles. The van der Waals surface area contributed by atoms with Crippen molar-refractivity contribution in [3.05, 3.63) is 24.5 Å². The fraction of sp³-hybridized carbons (Fsp3) is 0.167. The minimum atomic E-state index is 0.219. The molecule has 0 saturated heterocycles. The van der Waals surface area contributed by atoms with Crippen molar-refractivity contribution in [1.82, 2.24) is 15.0 Å². The first-order chi connectivity index (χ1) is 8.79. The van der Waals surface area contributed by atoms with Crippen LogP contribution in [0.15, 0.2) is 24.5 Å². The molecule has 0 bridgehead atoms. The molecule has 0 aliphatic heterocycles. The smallest absolute Gasteiger partial charge is 0.143 e. The Morgan fingerprint density at radius 1 is 1.33 bits per heavy atom. The highest BCUT2D eigenvalue weighted by Gasteiger charge is 2.11. The maximum atomic E-state index is 9.58. The van der Waals surface area contributed by atoms with Gasteiger partial charge in [0.15, 0.2) is 0 Å². The predicted molar refractivity (Wildman–Crippen MR) is 70.6 cm³/mol. The molecule has 0 radical (unpaired) electrons. The summed E-state index contributed by atoms with van der Waals surface area (Å²) in [5.41, 5.74) is 7.14. The zero-order valence-corrected chi connectivity index (χ0v) is 9.64. The second-order valence-corrected chi connectivity index (χ2v) is 4.02. The number of H-pyrrole nitrogens is 1. The van der Waals surface area contributed by atoms with Gasteiger partial charge in [0.2, 0.25) is 0 Å². The van der Waals surface area contributed by atoms with Crippen molar-refractivity contribution < 1.29 is 5.11 Å². The van der Waals surface area contributed by atoms with Crippen LogP contribution in [0.3, 0.4) is 0 Å². The SMILES string of the molecule is NCCNc1ncnc2[nH]c3ccc(O)cc3c12. The number of aromatic amines is 1. The van der Waals surface area contributed by atoms with Crippen molar-refractivity contribution >= 4 is 27.8 Å². The second kappa shape index (κ2) is 4.15. The lowest BCUT2D eigenvalue weighted by Crippen LogP contribution is -2.14. The number of fused-ring (bicyclic) bond motifs is 3. The molecule has 3 aromatic rings. The molecule has 0 saturated carbocycles. The highest BCUT2D eigenvalue weighted by atomic mass is 16.3. The van der Waals surface area contributed by atoms with Gasteiger partial charge >= 0.3 is 0 Å². The number of nitrogens with zero attached hydrogens (tertiary/aromatic N) is 2. The number of hydrogen-bond acceptors (Lipinski definition) is 5. The van der Waals surface area contributed by atoms with Crippen LogP contribution in [-0.2, 0) is 0 Å². The summed E-state index contributed by atoms with van der Waals surface area (Å²) in [6.07, 6.45) is 1.50. The first-order valence-electron chi connectivity index (χ1n) is 5.69. The molecule has 5 N–H and O–H groups in total. The number of aromatic nitrogens is 3. The Morgan fingerprint density at radius 3 is 3.06 bits per heavy atom. The van der Waals surface area contributed by atoms with E-state index >= 15 is 0 Å². The Labute approximate surface area is 103 Å². The molecule has 3 rings (SSSR count). The fourth-order valence-corrected chi connectivity index (χ4v) is 2.04. The van der Waals surface area contributed by atoms with Crippen LogP contribution in [0.5, 0.6) is 5.75 Å².